The third-order valence-electron chi connectivity index (χ3n) is 3.12. The van der Waals surface area contributed by atoms with Crippen LogP contribution in [0.4, 0.5) is 0 Å². The summed E-state index contributed by atoms with van der Waals surface area (Å²) in [7, 11) is 2.01. The van der Waals surface area contributed by atoms with Gasteiger partial charge in [0.05, 0.1) is 12.4 Å². The molecule has 0 heterocycles. The first-order valence-electron chi connectivity index (χ1n) is 6.92. The van der Waals surface area contributed by atoms with Crippen LogP contribution in [-0.2, 0) is 0 Å². The second-order valence-electron chi connectivity index (χ2n) is 4.79. The number of nitrogens with one attached hydrogen (secondary N) is 1. The molecule has 5 nitrogen and oxygen atoms in total. The highest BCUT2D eigenvalue weighted by Crippen LogP contribution is 2.26. The van der Waals surface area contributed by atoms with Gasteiger partial charge in [-0.05, 0) is 33.0 Å². The van der Waals surface area contributed by atoms with Crippen LogP contribution >= 0.6 is 0 Å². The zero-order valence-electron chi connectivity index (χ0n) is 12.6. The molecule has 0 fully saturated rings. The Labute approximate surface area is 121 Å². The summed E-state index contributed by atoms with van der Waals surface area (Å²) in [4.78, 5) is 2.13. The summed E-state index contributed by atoms with van der Waals surface area (Å²) in [5.74, 6) is 1.75. The number of hydrogen-bond acceptors (Lipinski definition) is 4. The van der Waals surface area contributed by atoms with E-state index in [4.69, 9.17) is 20.6 Å². The van der Waals surface area contributed by atoms with Crippen molar-refractivity contribution in [1.82, 2.24) is 4.90 Å². The molecule has 1 aromatic carbocycles. The van der Waals surface area contributed by atoms with Gasteiger partial charge in [-0.3, -0.25) is 10.3 Å². The fourth-order valence-corrected chi connectivity index (χ4v) is 1.84. The van der Waals surface area contributed by atoms with Crippen LogP contribution in [0.2, 0.25) is 0 Å². The third kappa shape index (κ3) is 5.48. The zero-order valence-corrected chi connectivity index (χ0v) is 12.6. The molecule has 3 N–H and O–H groups in total. The summed E-state index contributed by atoms with van der Waals surface area (Å²) in [6, 6.07) is 7.90. The van der Waals surface area contributed by atoms with Crippen molar-refractivity contribution in [2.45, 2.75) is 26.3 Å². The SMILES string of the molecule is CCOc1ccccc1OCCN(C)C(C)CC(=N)N. The maximum atomic E-state index is 7.31. The van der Waals surface area contributed by atoms with Crippen molar-refractivity contribution in [2.24, 2.45) is 5.73 Å². The lowest BCUT2D eigenvalue weighted by molar-refractivity contribution is 0.196. The Bertz CT molecular complexity index is 423. The lowest BCUT2D eigenvalue weighted by Crippen LogP contribution is -2.35. The molecule has 0 saturated carbocycles. The average Bonchev–Trinajstić information content (AvgIpc) is 2.40. The second-order valence-corrected chi connectivity index (χ2v) is 4.79. The first kappa shape index (κ1) is 16.3. The van der Waals surface area contributed by atoms with Crippen LogP contribution in [0.3, 0.4) is 0 Å². The van der Waals surface area contributed by atoms with Gasteiger partial charge >= 0.3 is 0 Å². The molecule has 0 aromatic heterocycles. The molecule has 20 heavy (non-hydrogen) atoms. The van der Waals surface area contributed by atoms with E-state index >= 15 is 0 Å². The number of para-hydroxylation sites is 2. The number of amidine groups is 1. The van der Waals surface area contributed by atoms with Crippen molar-refractivity contribution in [3.8, 4) is 11.5 Å². The van der Waals surface area contributed by atoms with Crippen LogP contribution in [0, 0.1) is 5.41 Å². The molecular weight excluding hydrogens is 254 g/mol. The molecule has 1 aromatic rings. The molecule has 0 saturated heterocycles. The summed E-state index contributed by atoms with van der Waals surface area (Å²) in [6.07, 6.45) is 0.575. The minimum absolute atomic E-state index is 0.215. The van der Waals surface area contributed by atoms with Gasteiger partial charge < -0.3 is 15.2 Å². The highest BCUT2D eigenvalue weighted by molar-refractivity contribution is 5.77. The predicted molar refractivity (Wildman–Crippen MR) is 81.7 cm³/mol. The summed E-state index contributed by atoms with van der Waals surface area (Å²) in [6.45, 7) is 5.97. The number of ether oxygens (including phenoxy) is 2. The lowest BCUT2D eigenvalue weighted by atomic mass is 10.2. The number of likely N-dealkylation sites (N-methyl/N-ethyl adjacent to an activating group) is 1. The first-order valence-corrected chi connectivity index (χ1v) is 6.92. The van der Waals surface area contributed by atoms with Crippen molar-refractivity contribution in [2.75, 3.05) is 26.8 Å². The van der Waals surface area contributed by atoms with E-state index in [1.54, 1.807) is 0 Å². The maximum Gasteiger partial charge on any atom is 0.161 e. The number of rotatable bonds is 9. The van der Waals surface area contributed by atoms with Crippen molar-refractivity contribution in [3.05, 3.63) is 24.3 Å². The fourth-order valence-electron chi connectivity index (χ4n) is 1.84. The highest BCUT2D eigenvalue weighted by atomic mass is 16.5. The molecular formula is C15H25N3O2. The Hall–Kier alpha value is -1.75. The molecule has 0 bridgehead atoms. The summed E-state index contributed by atoms with van der Waals surface area (Å²) in [5, 5.41) is 7.31. The van der Waals surface area contributed by atoms with Gasteiger partial charge in [0.15, 0.2) is 11.5 Å². The Morgan fingerprint density at radius 3 is 2.45 bits per heavy atom. The van der Waals surface area contributed by atoms with E-state index in [1.165, 1.54) is 0 Å². The van der Waals surface area contributed by atoms with E-state index in [9.17, 15) is 0 Å². The monoisotopic (exact) mass is 279 g/mol. The van der Waals surface area contributed by atoms with E-state index in [2.05, 4.69) is 11.8 Å². The van der Waals surface area contributed by atoms with Crippen molar-refractivity contribution in [3.63, 3.8) is 0 Å². The minimum Gasteiger partial charge on any atom is -0.490 e. The highest BCUT2D eigenvalue weighted by Gasteiger charge is 2.11. The van der Waals surface area contributed by atoms with E-state index in [0.717, 1.165) is 18.0 Å². The molecule has 1 unspecified atom stereocenters. The van der Waals surface area contributed by atoms with Gasteiger partial charge in [0, 0.05) is 19.0 Å². The van der Waals surface area contributed by atoms with Crippen LogP contribution in [0.5, 0.6) is 11.5 Å². The number of hydrogen-bond donors (Lipinski definition) is 2. The van der Waals surface area contributed by atoms with Gasteiger partial charge in [-0.25, -0.2) is 0 Å². The van der Waals surface area contributed by atoms with Crippen molar-refractivity contribution in [1.29, 1.82) is 5.41 Å². The summed E-state index contributed by atoms with van der Waals surface area (Å²) >= 11 is 0. The molecule has 0 radical (unpaired) electrons. The maximum absolute atomic E-state index is 7.31. The Morgan fingerprint density at radius 1 is 1.30 bits per heavy atom. The van der Waals surface area contributed by atoms with E-state index in [0.29, 0.717) is 19.6 Å². The Morgan fingerprint density at radius 2 is 1.90 bits per heavy atom. The lowest BCUT2D eigenvalue weighted by Gasteiger charge is -2.24. The number of nitrogens with two attached hydrogens (primary N) is 1. The molecule has 0 aliphatic carbocycles. The minimum atomic E-state index is 0.215. The van der Waals surface area contributed by atoms with E-state index in [1.807, 2.05) is 38.2 Å². The van der Waals surface area contributed by atoms with Gasteiger partial charge in [-0.1, -0.05) is 12.1 Å². The summed E-state index contributed by atoms with van der Waals surface area (Å²) < 4.78 is 11.3. The van der Waals surface area contributed by atoms with Crippen molar-refractivity contribution < 1.29 is 9.47 Å². The van der Waals surface area contributed by atoms with Crippen LogP contribution in [0.25, 0.3) is 0 Å². The van der Waals surface area contributed by atoms with Crippen LogP contribution in [0.15, 0.2) is 24.3 Å². The third-order valence-corrected chi connectivity index (χ3v) is 3.12. The molecule has 0 amide bonds. The van der Waals surface area contributed by atoms with E-state index < -0.39 is 0 Å². The Kier molecular flexibility index (Phi) is 6.87. The van der Waals surface area contributed by atoms with Gasteiger partial charge in [0.25, 0.3) is 0 Å². The normalized spacial score (nSPS) is 12.2. The largest absolute Gasteiger partial charge is 0.490 e. The zero-order chi connectivity index (χ0) is 15.0. The standard InChI is InChI=1S/C15H25N3O2/c1-4-19-13-7-5-6-8-14(13)20-10-9-18(3)12(2)11-15(16)17/h5-8,12H,4,9-11H2,1-3H3,(H3,16,17). The van der Waals surface area contributed by atoms with Gasteiger partial charge in [0.1, 0.15) is 6.61 Å². The molecule has 5 heteroatoms. The number of nitrogens with zero attached hydrogens (tertiary/aromatic N) is 1. The topological polar surface area (TPSA) is 71.6 Å². The molecule has 0 aliphatic heterocycles. The van der Waals surface area contributed by atoms with Gasteiger partial charge in [-0.2, -0.15) is 0 Å². The van der Waals surface area contributed by atoms with E-state index in [-0.39, 0.29) is 11.9 Å². The van der Waals surface area contributed by atoms with Crippen LogP contribution in [0.1, 0.15) is 20.3 Å². The van der Waals surface area contributed by atoms with Gasteiger partial charge in [-0.15, -0.1) is 0 Å². The average molecular weight is 279 g/mol. The smallest absolute Gasteiger partial charge is 0.161 e. The number of benzene rings is 1. The molecule has 1 atom stereocenters. The second kappa shape index (κ2) is 8.43. The Balaban J connectivity index is 2.42. The molecule has 0 aliphatic rings. The quantitative estimate of drug-likeness (QED) is 0.536. The fraction of sp³-hybridized carbons (Fsp3) is 0.533. The van der Waals surface area contributed by atoms with Gasteiger partial charge in [0.2, 0.25) is 0 Å². The van der Waals surface area contributed by atoms with Crippen molar-refractivity contribution >= 4 is 5.84 Å². The predicted octanol–water partition coefficient (Wildman–Crippen LogP) is 2.11. The molecule has 0 spiro atoms. The molecule has 1 rings (SSSR count). The summed E-state index contributed by atoms with van der Waals surface area (Å²) in [5.41, 5.74) is 5.41. The molecule has 112 valence electrons. The first-order chi connectivity index (χ1) is 9.54. The van der Waals surface area contributed by atoms with Crippen LogP contribution in [-0.4, -0.2) is 43.6 Å². The van der Waals surface area contributed by atoms with Crippen LogP contribution < -0.4 is 15.2 Å².